The van der Waals surface area contributed by atoms with Crippen molar-refractivity contribution < 1.29 is 4.74 Å². The minimum Gasteiger partial charge on any atom is -0.382 e. The number of anilines is 1. The Labute approximate surface area is 133 Å². The molecule has 1 spiro atoms. The molecule has 0 saturated carbocycles. The van der Waals surface area contributed by atoms with Gasteiger partial charge < -0.3 is 10.1 Å². The maximum absolute atomic E-state index is 6.18. The van der Waals surface area contributed by atoms with Crippen LogP contribution < -0.4 is 5.32 Å². The van der Waals surface area contributed by atoms with Gasteiger partial charge in [-0.1, -0.05) is 26.0 Å². The van der Waals surface area contributed by atoms with Crippen molar-refractivity contribution in [1.29, 1.82) is 0 Å². The molecule has 1 aromatic rings. The van der Waals surface area contributed by atoms with Gasteiger partial charge in [-0.25, -0.2) is 0 Å². The fourth-order valence-corrected chi connectivity index (χ4v) is 4.70. The third kappa shape index (κ3) is 3.75. The molecule has 0 radical (unpaired) electrons. The molecule has 1 aromatic carbocycles. The Hall–Kier alpha value is -0.670. The van der Waals surface area contributed by atoms with Crippen LogP contribution in [0.4, 0.5) is 5.69 Å². The van der Waals surface area contributed by atoms with E-state index in [1.165, 1.54) is 42.0 Å². The molecule has 3 rings (SSSR count). The lowest BCUT2D eigenvalue weighted by atomic mass is 9.85. The van der Waals surface area contributed by atoms with E-state index in [9.17, 15) is 0 Å². The van der Waals surface area contributed by atoms with Gasteiger partial charge in [-0.2, -0.15) is 11.8 Å². The molecule has 116 valence electrons. The minimum absolute atomic E-state index is 0.164. The highest BCUT2D eigenvalue weighted by molar-refractivity contribution is 7.99. The van der Waals surface area contributed by atoms with Crippen molar-refractivity contribution in [2.45, 2.75) is 57.1 Å². The molecule has 2 fully saturated rings. The number of benzene rings is 1. The van der Waals surface area contributed by atoms with Crippen LogP contribution in [0.3, 0.4) is 0 Å². The summed E-state index contributed by atoms with van der Waals surface area (Å²) < 4.78 is 6.18. The molecule has 1 atom stereocenters. The number of thioether (sulfide) groups is 1. The van der Waals surface area contributed by atoms with E-state index in [2.05, 4.69) is 55.2 Å². The summed E-state index contributed by atoms with van der Waals surface area (Å²) in [7, 11) is 0. The molecule has 0 bridgehead atoms. The number of ether oxygens (including phenoxy) is 1. The number of nitrogens with one attached hydrogen (secondary N) is 1. The Morgan fingerprint density at radius 3 is 2.86 bits per heavy atom. The number of rotatable bonds is 3. The first-order valence-corrected chi connectivity index (χ1v) is 9.41. The third-order valence-corrected chi connectivity index (χ3v) is 5.81. The van der Waals surface area contributed by atoms with Crippen molar-refractivity contribution in [3.8, 4) is 0 Å². The summed E-state index contributed by atoms with van der Waals surface area (Å²) in [5.74, 6) is 3.11. The van der Waals surface area contributed by atoms with Crippen LogP contribution in [-0.4, -0.2) is 29.8 Å². The van der Waals surface area contributed by atoms with Gasteiger partial charge >= 0.3 is 0 Å². The van der Waals surface area contributed by atoms with Crippen LogP contribution in [-0.2, 0) is 4.74 Å². The number of hydrogen-bond donors (Lipinski definition) is 1. The Bertz CT molecular complexity index is 463. The van der Waals surface area contributed by atoms with Gasteiger partial charge in [0.25, 0.3) is 0 Å². The SMILES string of the molecule is CC(C)c1cccc(NC2CCOC3(CCSCC3)C2)c1. The van der Waals surface area contributed by atoms with Crippen molar-refractivity contribution in [3.63, 3.8) is 0 Å². The van der Waals surface area contributed by atoms with Crippen molar-refractivity contribution in [2.75, 3.05) is 23.4 Å². The van der Waals surface area contributed by atoms with Gasteiger partial charge in [0.2, 0.25) is 0 Å². The molecular weight excluding hydrogens is 278 g/mol. The van der Waals surface area contributed by atoms with Gasteiger partial charge in [0.1, 0.15) is 0 Å². The van der Waals surface area contributed by atoms with Crippen LogP contribution in [0, 0.1) is 0 Å². The fourth-order valence-electron chi connectivity index (χ4n) is 3.47. The highest BCUT2D eigenvalue weighted by Gasteiger charge is 2.38. The molecule has 2 nitrogen and oxygen atoms in total. The zero-order valence-corrected chi connectivity index (χ0v) is 14.0. The molecule has 2 aliphatic heterocycles. The maximum Gasteiger partial charge on any atom is 0.0717 e. The molecule has 1 N–H and O–H groups in total. The average molecular weight is 305 g/mol. The van der Waals surface area contributed by atoms with Crippen LogP contribution >= 0.6 is 11.8 Å². The summed E-state index contributed by atoms with van der Waals surface area (Å²) in [6.07, 6.45) is 4.74. The smallest absolute Gasteiger partial charge is 0.0717 e. The minimum atomic E-state index is 0.164. The number of hydrogen-bond acceptors (Lipinski definition) is 3. The van der Waals surface area contributed by atoms with Crippen molar-refractivity contribution in [2.24, 2.45) is 0 Å². The van der Waals surface area contributed by atoms with E-state index in [0.29, 0.717) is 12.0 Å². The van der Waals surface area contributed by atoms with E-state index in [1.807, 2.05) is 0 Å². The second-order valence-electron chi connectivity index (χ2n) is 6.76. The fraction of sp³-hybridized carbons (Fsp3) is 0.667. The van der Waals surface area contributed by atoms with Gasteiger partial charge in [-0.3, -0.25) is 0 Å². The van der Waals surface area contributed by atoms with Gasteiger partial charge in [-0.15, -0.1) is 0 Å². The lowest BCUT2D eigenvalue weighted by molar-refractivity contribution is -0.0865. The molecule has 1 unspecified atom stereocenters. The summed E-state index contributed by atoms with van der Waals surface area (Å²) in [5.41, 5.74) is 2.85. The van der Waals surface area contributed by atoms with Gasteiger partial charge in [0.05, 0.1) is 5.60 Å². The first kappa shape index (κ1) is 15.2. The Balaban J connectivity index is 1.65. The standard InChI is InChI=1S/C18H27NOS/c1-14(2)15-4-3-5-16(12-15)19-17-6-9-20-18(13-17)7-10-21-11-8-18/h3-5,12,14,17,19H,6-11,13H2,1-2H3. The molecule has 2 heterocycles. The third-order valence-electron chi connectivity index (χ3n) is 4.82. The summed E-state index contributed by atoms with van der Waals surface area (Å²) in [4.78, 5) is 0. The Morgan fingerprint density at radius 2 is 2.10 bits per heavy atom. The molecule has 0 aliphatic carbocycles. The van der Waals surface area contributed by atoms with Crippen LogP contribution in [0.5, 0.6) is 0 Å². The predicted molar refractivity (Wildman–Crippen MR) is 92.4 cm³/mol. The lowest BCUT2D eigenvalue weighted by Gasteiger charge is -2.43. The van der Waals surface area contributed by atoms with Crippen molar-refractivity contribution >= 4 is 17.4 Å². The quantitative estimate of drug-likeness (QED) is 0.877. The highest BCUT2D eigenvalue weighted by Crippen LogP contribution is 2.38. The van der Waals surface area contributed by atoms with E-state index in [1.54, 1.807) is 0 Å². The van der Waals surface area contributed by atoms with Gasteiger partial charge in [-0.05, 0) is 60.8 Å². The second kappa shape index (κ2) is 6.62. The predicted octanol–water partition coefficient (Wildman–Crippen LogP) is 4.67. The summed E-state index contributed by atoms with van der Waals surface area (Å²) in [6, 6.07) is 9.46. The molecule has 21 heavy (non-hydrogen) atoms. The van der Waals surface area contributed by atoms with Crippen molar-refractivity contribution in [1.82, 2.24) is 0 Å². The average Bonchev–Trinajstić information content (AvgIpc) is 2.48. The summed E-state index contributed by atoms with van der Waals surface area (Å²) in [6.45, 7) is 5.41. The maximum atomic E-state index is 6.18. The van der Waals surface area contributed by atoms with E-state index < -0.39 is 0 Å². The van der Waals surface area contributed by atoms with E-state index >= 15 is 0 Å². The molecular formula is C18H27NOS. The molecule has 3 heteroatoms. The first-order chi connectivity index (χ1) is 10.2. The molecule has 0 aromatic heterocycles. The van der Waals surface area contributed by atoms with E-state index in [-0.39, 0.29) is 5.60 Å². The molecule has 2 aliphatic rings. The van der Waals surface area contributed by atoms with Crippen molar-refractivity contribution in [3.05, 3.63) is 29.8 Å². The topological polar surface area (TPSA) is 21.3 Å². The van der Waals surface area contributed by atoms with Crippen LogP contribution in [0.25, 0.3) is 0 Å². The summed E-state index contributed by atoms with van der Waals surface area (Å²) >= 11 is 2.07. The first-order valence-electron chi connectivity index (χ1n) is 8.25. The molecule has 0 amide bonds. The zero-order chi connectivity index (χ0) is 14.7. The molecule has 2 saturated heterocycles. The van der Waals surface area contributed by atoms with Crippen LogP contribution in [0.15, 0.2) is 24.3 Å². The normalized spacial score (nSPS) is 25.2. The van der Waals surface area contributed by atoms with Gasteiger partial charge in [0.15, 0.2) is 0 Å². The largest absolute Gasteiger partial charge is 0.382 e. The zero-order valence-electron chi connectivity index (χ0n) is 13.2. The monoisotopic (exact) mass is 305 g/mol. The van der Waals surface area contributed by atoms with Gasteiger partial charge in [0, 0.05) is 18.3 Å². The second-order valence-corrected chi connectivity index (χ2v) is 7.98. The van der Waals surface area contributed by atoms with Crippen LogP contribution in [0.1, 0.15) is 51.0 Å². The lowest BCUT2D eigenvalue weighted by Crippen LogP contribution is -2.46. The Kier molecular flexibility index (Phi) is 4.80. The Morgan fingerprint density at radius 1 is 1.29 bits per heavy atom. The summed E-state index contributed by atoms with van der Waals surface area (Å²) in [5, 5.41) is 3.76. The highest BCUT2D eigenvalue weighted by atomic mass is 32.2. The van der Waals surface area contributed by atoms with E-state index in [4.69, 9.17) is 4.74 Å². The van der Waals surface area contributed by atoms with E-state index in [0.717, 1.165) is 13.0 Å². The van der Waals surface area contributed by atoms with Crippen LogP contribution in [0.2, 0.25) is 0 Å².